The van der Waals surface area contributed by atoms with Crippen molar-refractivity contribution in [3.8, 4) is 5.82 Å². The second kappa shape index (κ2) is 20.4. The second-order valence-electron chi connectivity index (χ2n) is 26.4. The molecule has 1 aliphatic rings. The molecule has 0 saturated heterocycles. The van der Waals surface area contributed by atoms with Gasteiger partial charge in [0.1, 0.15) is 13.9 Å². The molecule has 0 fully saturated rings. The van der Waals surface area contributed by atoms with Crippen LogP contribution in [0, 0.1) is 18.8 Å². The molecule has 2 aromatic heterocycles. The molecule has 0 atom stereocenters. The van der Waals surface area contributed by atoms with E-state index in [4.69, 9.17) is 4.98 Å². The number of nitrogens with zero attached hydrogens (tertiary/aromatic N) is 4. The van der Waals surface area contributed by atoms with Crippen LogP contribution in [0.2, 0.25) is 0 Å². The molecule has 0 radical (unpaired) electrons. The number of benzene rings is 8. The third-order valence-corrected chi connectivity index (χ3v) is 21.1. The quantitative estimate of drug-likeness (QED) is 0.0818. The molecule has 6 heteroatoms. The number of hydrogen-bond donors (Lipinski definition) is 0. The summed E-state index contributed by atoms with van der Waals surface area (Å²) < 4.78 is 2.36. The maximum Gasteiger partial charge on any atom is 0.135 e. The summed E-state index contributed by atoms with van der Waals surface area (Å²) in [6.07, 6.45) is 2.00. The number of para-hydroxylation sites is 3. The summed E-state index contributed by atoms with van der Waals surface area (Å²) in [6.45, 7) is 34.8. The van der Waals surface area contributed by atoms with E-state index in [1.807, 2.05) is 6.20 Å². The molecule has 10 aromatic rings. The maximum atomic E-state index is 5.24. The molecule has 0 N–H and O–H groups in total. The second-order valence-corrected chi connectivity index (χ2v) is 30.1. The average Bonchev–Trinajstić information content (AvgIpc) is 4.08. The van der Waals surface area contributed by atoms with Crippen molar-refractivity contribution in [2.45, 2.75) is 124 Å². The minimum absolute atomic E-state index is 0. The van der Waals surface area contributed by atoms with Crippen molar-refractivity contribution in [3.63, 3.8) is 0 Å². The van der Waals surface area contributed by atoms with Crippen molar-refractivity contribution in [1.29, 1.82) is 0 Å². The zero-order valence-corrected chi connectivity index (χ0v) is 51.9. The van der Waals surface area contributed by atoms with Crippen LogP contribution in [0.3, 0.4) is 0 Å². The van der Waals surface area contributed by atoms with Gasteiger partial charge in [0.05, 0.1) is 0 Å². The van der Waals surface area contributed by atoms with Crippen LogP contribution < -0.4 is 30.5 Å². The van der Waals surface area contributed by atoms with Gasteiger partial charge in [0.2, 0.25) is 0 Å². The Balaban J connectivity index is 0.00000704. The van der Waals surface area contributed by atoms with Gasteiger partial charge in [-0.25, -0.2) is 4.98 Å². The first-order valence-electron chi connectivity index (χ1n) is 27.9. The number of pyridine rings is 1. The van der Waals surface area contributed by atoms with E-state index in [1.54, 1.807) is 0 Å². The number of aromatic nitrogens is 2. The number of anilines is 4. The predicted octanol–water partition coefficient (Wildman–Crippen LogP) is 16.1. The van der Waals surface area contributed by atoms with E-state index < -0.39 is 8.07 Å². The molecule has 404 valence electrons. The van der Waals surface area contributed by atoms with Gasteiger partial charge >= 0.3 is 0 Å². The first kappa shape index (κ1) is 55.5. The summed E-state index contributed by atoms with van der Waals surface area (Å²) in [5.74, 6) is 0.874. The largest absolute Gasteiger partial charge is 0.493 e. The van der Waals surface area contributed by atoms with Gasteiger partial charge in [0.25, 0.3) is 0 Å². The Morgan fingerprint density at radius 3 is 1.48 bits per heavy atom. The van der Waals surface area contributed by atoms with Gasteiger partial charge < -0.3 is 14.4 Å². The maximum absolute atomic E-state index is 5.24. The van der Waals surface area contributed by atoms with Crippen LogP contribution in [0.15, 0.2) is 194 Å². The normalized spacial score (nSPS) is 13.5. The molecule has 0 unspecified atom stereocenters. The van der Waals surface area contributed by atoms with E-state index in [1.165, 1.54) is 49.1 Å². The SMILES string of the molecule is CC(C)(C)c1cc(N2[CH-]N(c3[c-]c([Si](c4[c-]c5c(cc4)c4ccccc4n5-c4cc(C(C)(C)c5cc(C(C)(C)C)cc(C(C)(C)C)c5)ccn4)(c4ccccc4)c4ccccc4)ccc3)c3ccccc32)cc(C(C)(C)C)c1.[Pt]. The molecule has 3 heterocycles. The van der Waals surface area contributed by atoms with Gasteiger partial charge in [-0.3, -0.25) is 0 Å². The van der Waals surface area contributed by atoms with Crippen LogP contribution in [-0.2, 0) is 48.1 Å². The average molecular weight is 1230 g/mol. The van der Waals surface area contributed by atoms with Gasteiger partial charge in [-0.15, -0.1) is 17.7 Å². The topological polar surface area (TPSA) is 24.3 Å². The molecular weight excluding hydrogens is 1160 g/mol. The van der Waals surface area contributed by atoms with E-state index in [0.717, 1.165) is 55.4 Å². The fraction of sp³-hybridized carbons (Fsp3) is 0.260. The fourth-order valence-electron chi connectivity index (χ4n) is 11.6. The van der Waals surface area contributed by atoms with Crippen LogP contribution in [-0.4, -0.2) is 17.6 Å². The van der Waals surface area contributed by atoms with Crippen LogP contribution in [0.1, 0.15) is 130 Å². The summed E-state index contributed by atoms with van der Waals surface area (Å²) >= 11 is 0. The van der Waals surface area contributed by atoms with Crippen LogP contribution in [0.25, 0.3) is 27.6 Å². The van der Waals surface area contributed by atoms with Crippen molar-refractivity contribution in [2.24, 2.45) is 0 Å². The van der Waals surface area contributed by atoms with Crippen LogP contribution in [0.5, 0.6) is 0 Å². The van der Waals surface area contributed by atoms with Crippen molar-refractivity contribution >= 4 is 73.4 Å². The fourth-order valence-corrected chi connectivity index (χ4v) is 16.1. The van der Waals surface area contributed by atoms with Crippen molar-refractivity contribution in [2.75, 3.05) is 9.80 Å². The Morgan fingerprint density at radius 2 is 0.911 bits per heavy atom. The van der Waals surface area contributed by atoms with Crippen LogP contribution in [0.4, 0.5) is 22.7 Å². The first-order chi connectivity index (χ1) is 36.9. The monoisotopic (exact) mass is 1230 g/mol. The van der Waals surface area contributed by atoms with E-state index in [9.17, 15) is 0 Å². The summed E-state index contributed by atoms with van der Waals surface area (Å²) in [7, 11) is -3.23. The Morgan fingerprint density at radius 1 is 0.418 bits per heavy atom. The number of rotatable bonds is 9. The van der Waals surface area contributed by atoms with E-state index >= 15 is 0 Å². The molecule has 11 rings (SSSR count). The first-order valence-corrected chi connectivity index (χ1v) is 29.9. The third kappa shape index (κ3) is 10.1. The van der Waals surface area contributed by atoms with Crippen LogP contribution >= 0.6 is 0 Å². The molecule has 0 saturated carbocycles. The summed E-state index contributed by atoms with van der Waals surface area (Å²) in [4.78, 5) is 9.95. The minimum Gasteiger partial charge on any atom is -0.493 e. The summed E-state index contributed by atoms with van der Waals surface area (Å²) in [5.41, 5.74) is 14.0. The van der Waals surface area contributed by atoms with Crippen molar-refractivity contribution in [1.82, 2.24) is 9.55 Å². The van der Waals surface area contributed by atoms with E-state index in [0.29, 0.717) is 0 Å². The number of hydrogen-bond acceptors (Lipinski definition) is 3. The molecule has 0 spiro atoms. The Kier molecular flexibility index (Phi) is 14.3. The zero-order valence-electron chi connectivity index (χ0n) is 48.7. The van der Waals surface area contributed by atoms with Crippen molar-refractivity contribution in [3.05, 3.63) is 246 Å². The Bertz CT molecular complexity index is 3760. The van der Waals surface area contributed by atoms with Gasteiger partial charge in [-0.1, -0.05) is 218 Å². The molecule has 0 amide bonds. The molecule has 0 bridgehead atoms. The van der Waals surface area contributed by atoms with Crippen molar-refractivity contribution < 1.29 is 21.1 Å². The molecule has 8 aromatic carbocycles. The third-order valence-electron chi connectivity index (χ3n) is 16.5. The Hall–Kier alpha value is -6.78. The molecular formula is C73H75N4PtSi-3. The molecule has 4 nitrogen and oxygen atoms in total. The minimum atomic E-state index is -3.23. The van der Waals surface area contributed by atoms with E-state index in [-0.39, 0.29) is 48.1 Å². The van der Waals surface area contributed by atoms with Gasteiger partial charge in [-0.05, 0) is 113 Å². The summed E-state index contributed by atoms with van der Waals surface area (Å²) in [5, 5.41) is 7.14. The smallest absolute Gasteiger partial charge is 0.135 e. The Labute approximate surface area is 486 Å². The van der Waals surface area contributed by atoms with Gasteiger partial charge in [0.15, 0.2) is 0 Å². The molecule has 79 heavy (non-hydrogen) atoms. The summed E-state index contributed by atoms with van der Waals surface area (Å²) in [6, 6.07) is 78.8. The number of fused-ring (bicyclic) bond motifs is 4. The molecule has 0 aliphatic carbocycles. The van der Waals surface area contributed by atoms with Gasteiger partial charge in [0, 0.05) is 55.3 Å². The van der Waals surface area contributed by atoms with E-state index in [2.05, 4.69) is 318 Å². The predicted molar refractivity (Wildman–Crippen MR) is 335 cm³/mol. The molecule has 1 aliphatic heterocycles. The zero-order chi connectivity index (χ0) is 55.2. The van der Waals surface area contributed by atoms with Gasteiger partial charge in [-0.2, -0.15) is 52.8 Å². The standard InChI is InChI=1S/C73H75N4Si.Pt/c1-69(2,3)51-40-52(70(4,5)6)43-55(42-51)73(13,14)50-38-39-74-68(46-50)77-64-33-22-21-32-62(64)63-37-36-61(48-67(63)77)78(58-27-17-15-18-28-58,59-29-19-16-20-30-59)60-31-25-26-56(47-60)75-49-76(66-35-24-23-34-65(66)75)57-44-53(71(7,8)9)41-54(45-57)72(10,11)12;/h15-46,49H,1-14H3;/q-3;.